The summed E-state index contributed by atoms with van der Waals surface area (Å²) >= 11 is 0. The van der Waals surface area contributed by atoms with Crippen molar-refractivity contribution in [3.8, 4) is 0 Å². The molecule has 1 saturated carbocycles. The summed E-state index contributed by atoms with van der Waals surface area (Å²) in [5.74, 6) is 1.86. The Balaban J connectivity index is 0. The fraction of sp³-hybridized carbons (Fsp3) is 0.952. The molecule has 0 aromatic carbocycles. The third-order valence-corrected chi connectivity index (χ3v) is 43.6. The summed E-state index contributed by atoms with van der Waals surface area (Å²) in [6.07, 6.45) is 2.86. The maximum Gasteiger partial charge on any atom is 4.00 e. The first-order chi connectivity index (χ1) is 12.3. The third-order valence-electron chi connectivity index (χ3n) is 7.91. The van der Waals surface area contributed by atoms with E-state index in [-0.39, 0.29) is 31.7 Å². The third kappa shape index (κ3) is 7.86. The molecule has 1 aliphatic rings. The minimum atomic E-state index is -1.57. The van der Waals surface area contributed by atoms with Gasteiger partial charge in [0.15, 0.2) is 0 Å². The Kier molecular flexibility index (Phi) is 13.2. The van der Waals surface area contributed by atoms with Gasteiger partial charge in [-0.25, -0.2) is 0 Å². The van der Waals surface area contributed by atoms with Crippen molar-refractivity contribution in [2.75, 3.05) is 21.1 Å². The molecule has 170 valence electrons. The Hall–Kier alpha value is 1.63. The summed E-state index contributed by atoms with van der Waals surface area (Å²) in [6, 6.07) is 0. The van der Waals surface area contributed by atoms with Gasteiger partial charge in [0.05, 0.1) is 0 Å². The molecule has 3 nitrogen and oxygen atoms in total. The molecule has 0 spiro atoms. The van der Waals surface area contributed by atoms with Gasteiger partial charge in [0.2, 0.25) is 0 Å². The van der Waals surface area contributed by atoms with Gasteiger partial charge in [-0.1, -0.05) is 101 Å². The number of nitrogens with zero attached hydrogens (tertiary/aromatic N) is 3. The maximum atomic E-state index is 5.43. The van der Waals surface area contributed by atoms with E-state index in [2.05, 4.69) is 92.4 Å². The fourth-order valence-electron chi connectivity index (χ4n) is 5.02. The monoisotopic (exact) mass is 547 g/mol. The molecule has 0 bridgehead atoms. The van der Waals surface area contributed by atoms with Crippen LogP contribution < -0.4 is 0 Å². The van der Waals surface area contributed by atoms with Gasteiger partial charge < -0.3 is 21.2 Å². The van der Waals surface area contributed by atoms with Crippen molar-refractivity contribution in [3.63, 3.8) is 0 Å². The molecule has 0 saturated heterocycles. The molecule has 0 aromatic rings. The molecule has 2 unspecified atom stereocenters. The van der Waals surface area contributed by atoms with Gasteiger partial charge in [0.25, 0.3) is 0 Å². The average molecular weight is 549 g/mol. The van der Waals surface area contributed by atoms with Gasteiger partial charge in [-0.15, -0.1) is 5.54 Å². The second-order valence-electron chi connectivity index (χ2n) is 11.9. The van der Waals surface area contributed by atoms with Gasteiger partial charge in [0.1, 0.15) is 0 Å². The first-order valence-corrected chi connectivity index (χ1v) is 25.0. The second kappa shape index (κ2) is 11.7. The summed E-state index contributed by atoms with van der Waals surface area (Å²) in [7, 11) is -0.189. The number of hydrogen-bond donors (Lipinski definition) is 0. The molecule has 0 aromatic heterocycles. The summed E-state index contributed by atoms with van der Waals surface area (Å²) in [4.78, 5) is 10.4. The van der Waals surface area contributed by atoms with Gasteiger partial charge in [-0.3, -0.25) is 0 Å². The van der Waals surface area contributed by atoms with E-state index in [9.17, 15) is 0 Å². The number of rotatable bonds is 6. The number of hydrogen-bond acceptors (Lipinski definition) is 0. The summed E-state index contributed by atoms with van der Waals surface area (Å²) in [5, 5.41) is 3.50. The zero-order chi connectivity index (χ0) is 22.8. The van der Waals surface area contributed by atoms with Crippen LogP contribution in [0.4, 0.5) is 0 Å². The van der Waals surface area contributed by atoms with Gasteiger partial charge in [0, 0.05) is 0 Å². The van der Waals surface area contributed by atoms with Crippen LogP contribution in [0.1, 0.15) is 40.5 Å². The topological polar surface area (TPSA) is 42.3 Å². The predicted octanol–water partition coefficient (Wildman–Crippen LogP) is 7.89. The first-order valence-electron chi connectivity index (χ1n) is 11.0. The van der Waals surface area contributed by atoms with Crippen molar-refractivity contribution in [1.82, 2.24) is 0 Å². The molecule has 0 aliphatic heterocycles. The zero-order valence-electron chi connectivity index (χ0n) is 22.4. The van der Waals surface area contributed by atoms with Crippen molar-refractivity contribution < 1.29 is 26.2 Å². The second-order valence-corrected chi connectivity index (χ2v) is 42.2. The van der Waals surface area contributed by atoms with E-state index in [0.717, 1.165) is 11.1 Å². The molecule has 1 aliphatic carbocycles. The summed E-state index contributed by atoms with van der Waals surface area (Å²) in [6.45, 7) is 30.1. The van der Waals surface area contributed by atoms with Crippen molar-refractivity contribution in [3.05, 3.63) is 21.2 Å². The standard InChI is InChI=1S/C19H45N2Si4.C2H6N.Zr/c1-16-17(22(6,7)24(10,11)20-5)14-15-18(16)23(8,9)25(12,13)21-19(2,3)4;1-3-2;/h17-18H,14-15H2,1-13H3;1-2H3;/q-3;-1;+4. The Morgan fingerprint density at radius 3 is 1.31 bits per heavy atom. The van der Waals surface area contributed by atoms with Crippen molar-refractivity contribution in [1.29, 1.82) is 0 Å². The van der Waals surface area contributed by atoms with E-state index < -0.39 is 30.7 Å². The van der Waals surface area contributed by atoms with Crippen LogP contribution in [-0.2, 0) is 26.2 Å². The zero-order valence-corrected chi connectivity index (χ0v) is 28.9. The van der Waals surface area contributed by atoms with E-state index in [4.69, 9.17) is 9.96 Å². The van der Waals surface area contributed by atoms with Crippen LogP contribution in [0.25, 0.3) is 15.3 Å². The SMILES string of the molecule is C[N-]C.C[N-][Si](C)(C)[Si](C)(C)C1CCC([Si](C)(C)[Si](C)(C)[N-]C(C)(C)C)[C-]1C.[Zr+4]. The van der Waals surface area contributed by atoms with E-state index in [1.54, 1.807) is 14.1 Å². The van der Waals surface area contributed by atoms with E-state index in [1.165, 1.54) is 12.8 Å². The molecular weight excluding hydrogens is 498 g/mol. The largest absolute Gasteiger partial charge is 4.00 e. The van der Waals surface area contributed by atoms with Crippen molar-refractivity contribution >= 4 is 30.7 Å². The predicted molar refractivity (Wildman–Crippen MR) is 143 cm³/mol. The Bertz CT molecular complexity index is 491. The first kappa shape index (κ1) is 32.8. The smallest absolute Gasteiger partial charge is 0.669 e. The minimum absolute atomic E-state index is 0. The van der Waals surface area contributed by atoms with Gasteiger partial charge >= 0.3 is 26.2 Å². The summed E-state index contributed by atoms with van der Waals surface area (Å²) in [5.41, 5.74) is 1.86. The van der Waals surface area contributed by atoms with Crippen LogP contribution in [0.5, 0.6) is 0 Å². The van der Waals surface area contributed by atoms with Crippen LogP contribution in [0, 0.1) is 5.92 Å². The van der Waals surface area contributed by atoms with E-state index >= 15 is 0 Å². The van der Waals surface area contributed by atoms with Gasteiger partial charge in [-0.2, -0.15) is 39.1 Å². The van der Waals surface area contributed by atoms with Crippen LogP contribution in [0.3, 0.4) is 0 Å². The minimum Gasteiger partial charge on any atom is -0.669 e. The Morgan fingerprint density at radius 1 is 0.724 bits per heavy atom. The normalized spacial score (nSPS) is 22.0. The molecule has 0 N–H and O–H groups in total. The van der Waals surface area contributed by atoms with E-state index in [1.807, 2.05) is 5.92 Å². The van der Waals surface area contributed by atoms with Crippen LogP contribution in [0.15, 0.2) is 0 Å². The maximum absolute atomic E-state index is 5.43. The summed E-state index contributed by atoms with van der Waals surface area (Å²) < 4.78 is 0. The Morgan fingerprint density at radius 2 is 1.03 bits per heavy atom. The van der Waals surface area contributed by atoms with Crippen molar-refractivity contribution in [2.24, 2.45) is 0 Å². The molecule has 0 heterocycles. The molecule has 29 heavy (non-hydrogen) atoms. The Labute approximate surface area is 207 Å². The molecular formula is C21H51N3Si4Zr. The average Bonchev–Trinajstić information content (AvgIpc) is 2.88. The molecule has 1 rings (SSSR count). The molecule has 2 atom stereocenters. The molecule has 0 amide bonds. The van der Waals surface area contributed by atoms with Gasteiger partial charge in [-0.05, 0) is 15.2 Å². The van der Waals surface area contributed by atoms with Crippen LogP contribution in [-0.4, -0.2) is 57.4 Å². The molecule has 1 fully saturated rings. The van der Waals surface area contributed by atoms with E-state index in [0.29, 0.717) is 0 Å². The molecule has 0 radical (unpaired) electrons. The fourth-order valence-corrected chi connectivity index (χ4v) is 24.8. The molecule has 8 heteroatoms. The quantitative estimate of drug-likeness (QED) is 0.239. The van der Waals surface area contributed by atoms with Crippen LogP contribution >= 0.6 is 0 Å². The van der Waals surface area contributed by atoms with Crippen molar-refractivity contribution in [2.45, 2.75) is 110 Å². The van der Waals surface area contributed by atoms with Crippen LogP contribution in [0.2, 0.25) is 63.5 Å².